The SMILES string of the molecule is COc1ccc(Cl)cc1S(=O)(=O)NC(C)c1ccc(-n2ccnc2)cc1. The van der Waals surface area contributed by atoms with E-state index in [0.717, 1.165) is 11.3 Å². The number of hydrogen-bond donors (Lipinski definition) is 1. The standard InChI is InChI=1S/C18H18ClN3O3S/c1-13(14-3-6-16(7-4-14)22-10-9-20-12-22)21-26(23,24)18-11-15(19)5-8-17(18)25-2/h3-13,21H,1-2H3. The Morgan fingerprint density at radius 3 is 2.54 bits per heavy atom. The molecule has 0 saturated heterocycles. The molecule has 1 heterocycles. The highest BCUT2D eigenvalue weighted by Gasteiger charge is 2.23. The van der Waals surface area contributed by atoms with Gasteiger partial charge in [-0.25, -0.2) is 18.1 Å². The Kier molecular flexibility index (Phi) is 5.31. The molecule has 1 aromatic heterocycles. The second kappa shape index (κ2) is 7.49. The Labute approximate surface area is 157 Å². The van der Waals surface area contributed by atoms with Gasteiger partial charge in [0.25, 0.3) is 0 Å². The molecule has 6 nitrogen and oxygen atoms in total. The van der Waals surface area contributed by atoms with Crippen molar-refractivity contribution in [2.45, 2.75) is 17.9 Å². The minimum atomic E-state index is -3.80. The van der Waals surface area contributed by atoms with Crippen LogP contribution < -0.4 is 9.46 Å². The first-order valence-corrected chi connectivity index (χ1v) is 9.71. The molecule has 3 rings (SSSR count). The van der Waals surface area contributed by atoms with Gasteiger partial charge in [0.1, 0.15) is 10.6 Å². The number of sulfonamides is 1. The number of aromatic nitrogens is 2. The van der Waals surface area contributed by atoms with Crippen LogP contribution in [0.25, 0.3) is 5.69 Å². The normalized spacial score (nSPS) is 12.7. The van der Waals surface area contributed by atoms with Gasteiger partial charge in [-0.2, -0.15) is 0 Å². The number of ether oxygens (including phenoxy) is 1. The Morgan fingerprint density at radius 1 is 1.19 bits per heavy atom. The van der Waals surface area contributed by atoms with Crippen LogP contribution in [0.3, 0.4) is 0 Å². The molecule has 0 bridgehead atoms. The number of benzene rings is 2. The van der Waals surface area contributed by atoms with Crippen LogP contribution in [0, 0.1) is 0 Å². The smallest absolute Gasteiger partial charge is 0.244 e. The van der Waals surface area contributed by atoms with Crippen molar-refractivity contribution in [1.29, 1.82) is 0 Å². The topological polar surface area (TPSA) is 73.2 Å². The fourth-order valence-electron chi connectivity index (χ4n) is 2.57. The lowest BCUT2D eigenvalue weighted by atomic mass is 10.1. The highest BCUT2D eigenvalue weighted by Crippen LogP contribution is 2.28. The highest BCUT2D eigenvalue weighted by atomic mass is 35.5. The molecule has 1 N–H and O–H groups in total. The van der Waals surface area contributed by atoms with Crippen LogP contribution in [0.15, 0.2) is 66.1 Å². The highest BCUT2D eigenvalue weighted by molar-refractivity contribution is 7.89. The molecule has 0 radical (unpaired) electrons. The Bertz CT molecular complexity index is 987. The maximum Gasteiger partial charge on any atom is 0.244 e. The van der Waals surface area contributed by atoms with Gasteiger partial charge < -0.3 is 9.30 Å². The second-order valence-electron chi connectivity index (χ2n) is 5.70. The molecule has 1 unspecified atom stereocenters. The summed E-state index contributed by atoms with van der Waals surface area (Å²) in [6.45, 7) is 1.78. The Hall–Kier alpha value is -2.35. The number of nitrogens with zero attached hydrogens (tertiary/aromatic N) is 2. The van der Waals surface area contributed by atoms with Gasteiger partial charge in [0, 0.05) is 29.1 Å². The molecule has 2 aromatic carbocycles. The molecule has 0 fully saturated rings. The molecule has 26 heavy (non-hydrogen) atoms. The van der Waals surface area contributed by atoms with E-state index in [1.807, 2.05) is 35.0 Å². The van der Waals surface area contributed by atoms with Crippen molar-refractivity contribution in [1.82, 2.24) is 14.3 Å². The summed E-state index contributed by atoms with van der Waals surface area (Å²) in [5, 5.41) is 0.323. The molecule has 0 aliphatic rings. The van der Waals surface area contributed by atoms with Crippen LogP contribution in [0.1, 0.15) is 18.5 Å². The number of methoxy groups -OCH3 is 1. The van der Waals surface area contributed by atoms with Gasteiger partial charge in [-0.15, -0.1) is 0 Å². The summed E-state index contributed by atoms with van der Waals surface area (Å²) < 4.78 is 35.2. The lowest BCUT2D eigenvalue weighted by Gasteiger charge is -2.17. The average molecular weight is 392 g/mol. The predicted octanol–water partition coefficient (Wildman–Crippen LogP) is 3.57. The van der Waals surface area contributed by atoms with E-state index in [0.29, 0.717) is 5.02 Å². The van der Waals surface area contributed by atoms with E-state index in [2.05, 4.69) is 9.71 Å². The summed E-state index contributed by atoms with van der Waals surface area (Å²) in [4.78, 5) is 4.02. The Balaban J connectivity index is 1.83. The van der Waals surface area contributed by atoms with Crippen molar-refractivity contribution in [3.63, 3.8) is 0 Å². The van der Waals surface area contributed by atoms with Crippen LogP contribution in [-0.2, 0) is 10.0 Å². The predicted molar refractivity (Wildman–Crippen MR) is 100 cm³/mol. The monoisotopic (exact) mass is 391 g/mol. The van der Waals surface area contributed by atoms with E-state index in [4.69, 9.17) is 16.3 Å². The molecule has 1 atom stereocenters. The van der Waals surface area contributed by atoms with Crippen molar-refractivity contribution in [3.8, 4) is 11.4 Å². The van der Waals surface area contributed by atoms with E-state index in [9.17, 15) is 8.42 Å². The summed E-state index contributed by atoms with van der Waals surface area (Å²) in [5.74, 6) is 0.240. The molecule has 0 saturated carbocycles. The zero-order valence-electron chi connectivity index (χ0n) is 14.3. The first-order valence-electron chi connectivity index (χ1n) is 7.85. The molecule has 3 aromatic rings. The van der Waals surface area contributed by atoms with E-state index in [1.165, 1.54) is 19.2 Å². The van der Waals surface area contributed by atoms with Crippen molar-refractivity contribution in [2.24, 2.45) is 0 Å². The van der Waals surface area contributed by atoms with Crippen molar-refractivity contribution in [2.75, 3.05) is 7.11 Å². The van der Waals surface area contributed by atoms with Gasteiger partial charge in [-0.05, 0) is 42.8 Å². The maximum atomic E-state index is 12.7. The summed E-state index contributed by atoms with van der Waals surface area (Å²) in [6.07, 6.45) is 5.24. The van der Waals surface area contributed by atoms with Gasteiger partial charge in [-0.1, -0.05) is 23.7 Å². The molecule has 0 amide bonds. The minimum absolute atomic E-state index is 0.00869. The third-order valence-electron chi connectivity index (χ3n) is 3.94. The van der Waals surface area contributed by atoms with Gasteiger partial charge >= 0.3 is 0 Å². The van der Waals surface area contributed by atoms with E-state index < -0.39 is 16.1 Å². The molecule has 0 aliphatic heterocycles. The van der Waals surface area contributed by atoms with Crippen LogP contribution in [0.5, 0.6) is 5.75 Å². The summed E-state index contributed by atoms with van der Waals surface area (Å²) in [7, 11) is -2.38. The fourth-order valence-corrected chi connectivity index (χ4v) is 4.24. The van der Waals surface area contributed by atoms with Gasteiger partial charge in [-0.3, -0.25) is 0 Å². The molecule has 8 heteroatoms. The average Bonchev–Trinajstić information content (AvgIpc) is 3.16. The molecule has 0 aliphatic carbocycles. The summed E-state index contributed by atoms with van der Waals surface area (Å²) in [5.41, 5.74) is 1.77. The summed E-state index contributed by atoms with van der Waals surface area (Å²) >= 11 is 5.94. The first kappa shape index (κ1) is 18.4. The molecular weight excluding hydrogens is 374 g/mol. The zero-order valence-corrected chi connectivity index (χ0v) is 15.8. The van der Waals surface area contributed by atoms with Crippen LogP contribution in [-0.4, -0.2) is 25.1 Å². The van der Waals surface area contributed by atoms with Gasteiger partial charge in [0.15, 0.2) is 0 Å². The van der Waals surface area contributed by atoms with Crippen molar-refractivity contribution in [3.05, 3.63) is 71.8 Å². The third-order valence-corrected chi connectivity index (χ3v) is 5.74. The van der Waals surface area contributed by atoms with Crippen LogP contribution >= 0.6 is 11.6 Å². The maximum absolute atomic E-state index is 12.7. The van der Waals surface area contributed by atoms with E-state index in [1.54, 1.807) is 25.5 Å². The van der Waals surface area contributed by atoms with Crippen LogP contribution in [0.4, 0.5) is 0 Å². The van der Waals surface area contributed by atoms with Gasteiger partial charge in [0.05, 0.1) is 13.4 Å². The molecule has 0 spiro atoms. The zero-order chi connectivity index (χ0) is 18.7. The number of halogens is 1. The lowest BCUT2D eigenvalue weighted by molar-refractivity contribution is 0.402. The molecular formula is C18H18ClN3O3S. The first-order chi connectivity index (χ1) is 12.4. The van der Waals surface area contributed by atoms with E-state index in [-0.39, 0.29) is 10.6 Å². The Morgan fingerprint density at radius 2 is 1.92 bits per heavy atom. The van der Waals surface area contributed by atoms with Crippen LogP contribution in [0.2, 0.25) is 5.02 Å². The lowest BCUT2D eigenvalue weighted by Crippen LogP contribution is -2.27. The number of imidazole rings is 1. The third kappa shape index (κ3) is 3.90. The second-order valence-corrected chi connectivity index (χ2v) is 7.82. The van der Waals surface area contributed by atoms with Gasteiger partial charge in [0.2, 0.25) is 10.0 Å². The van der Waals surface area contributed by atoms with Crippen molar-refractivity contribution >= 4 is 21.6 Å². The fraction of sp³-hybridized carbons (Fsp3) is 0.167. The summed E-state index contributed by atoms with van der Waals surface area (Å²) in [6, 6.07) is 11.6. The largest absolute Gasteiger partial charge is 0.495 e. The number of rotatable bonds is 6. The number of hydrogen-bond acceptors (Lipinski definition) is 4. The minimum Gasteiger partial charge on any atom is -0.495 e. The number of nitrogens with one attached hydrogen (secondary N) is 1. The quantitative estimate of drug-likeness (QED) is 0.697. The van der Waals surface area contributed by atoms with E-state index >= 15 is 0 Å². The van der Waals surface area contributed by atoms with Crippen molar-refractivity contribution < 1.29 is 13.2 Å². The molecule has 136 valence electrons.